The Hall–Kier alpha value is -3.28. The summed E-state index contributed by atoms with van der Waals surface area (Å²) in [4.78, 5) is 27.3. The van der Waals surface area contributed by atoms with E-state index in [0.29, 0.717) is 18.7 Å². The summed E-state index contributed by atoms with van der Waals surface area (Å²) in [7, 11) is 1.39. The molecule has 158 valence electrons. The Labute approximate surface area is 176 Å². The normalized spacial score (nSPS) is 13.0. The van der Waals surface area contributed by atoms with E-state index in [4.69, 9.17) is 0 Å². The largest absolute Gasteiger partial charge is 0.508 e. The second-order valence-electron chi connectivity index (χ2n) is 7.30. The molecule has 2 aromatic rings. The molecule has 0 saturated carbocycles. The summed E-state index contributed by atoms with van der Waals surface area (Å²) in [6.07, 6.45) is 11.1. The quantitative estimate of drug-likeness (QED) is 0.418. The van der Waals surface area contributed by atoms with Crippen LogP contribution in [0.4, 0.5) is 0 Å². The summed E-state index contributed by atoms with van der Waals surface area (Å²) >= 11 is 0. The third kappa shape index (κ3) is 5.63. The molecule has 3 rings (SSSR count). The Morgan fingerprint density at radius 3 is 2.63 bits per heavy atom. The van der Waals surface area contributed by atoms with Crippen molar-refractivity contribution in [2.45, 2.75) is 38.5 Å². The van der Waals surface area contributed by atoms with E-state index in [2.05, 4.69) is 33.3 Å². The molecule has 0 unspecified atom stereocenters. The fraction of sp³-hybridized carbons (Fsp3) is 0.333. The van der Waals surface area contributed by atoms with Gasteiger partial charge in [0.15, 0.2) is 0 Å². The number of ether oxygens (including phenoxy) is 1. The number of methoxy groups -OCH3 is 1. The van der Waals surface area contributed by atoms with E-state index in [0.717, 1.165) is 54.5 Å². The summed E-state index contributed by atoms with van der Waals surface area (Å²) in [5.74, 6) is -0.189. The molecule has 0 bridgehead atoms. The van der Waals surface area contributed by atoms with E-state index in [1.165, 1.54) is 7.11 Å². The Morgan fingerprint density at radius 2 is 1.93 bits per heavy atom. The molecule has 0 fully saturated rings. The Morgan fingerprint density at radius 1 is 1.13 bits per heavy atom. The van der Waals surface area contributed by atoms with Crippen LogP contribution in [0.2, 0.25) is 0 Å². The molecule has 0 radical (unpaired) electrons. The maximum Gasteiger partial charge on any atom is 0.305 e. The van der Waals surface area contributed by atoms with Crippen molar-refractivity contribution in [3.8, 4) is 16.9 Å². The number of benzene rings is 1. The number of aromatic hydroxyl groups is 1. The number of rotatable bonds is 9. The van der Waals surface area contributed by atoms with Crippen molar-refractivity contribution in [1.29, 1.82) is 0 Å². The molecule has 0 aliphatic heterocycles. The molecular formula is C24H28N2O4. The lowest BCUT2D eigenvalue weighted by molar-refractivity contribution is -0.140. The summed E-state index contributed by atoms with van der Waals surface area (Å²) in [6.45, 7) is 0.534. The first-order chi connectivity index (χ1) is 14.6. The molecule has 30 heavy (non-hydrogen) atoms. The Balaban J connectivity index is 1.70. The van der Waals surface area contributed by atoms with Gasteiger partial charge in [-0.05, 0) is 55.0 Å². The van der Waals surface area contributed by atoms with Crippen molar-refractivity contribution in [3.63, 3.8) is 0 Å². The van der Waals surface area contributed by atoms with Crippen LogP contribution in [0.1, 0.15) is 54.7 Å². The van der Waals surface area contributed by atoms with Crippen LogP contribution in [0.25, 0.3) is 16.7 Å². The van der Waals surface area contributed by atoms with Crippen molar-refractivity contribution >= 4 is 17.4 Å². The van der Waals surface area contributed by atoms with Crippen LogP contribution in [0.3, 0.4) is 0 Å². The molecule has 3 N–H and O–H groups in total. The fourth-order valence-electron chi connectivity index (χ4n) is 3.43. The van der Waals surface area contributed by atoms with E-state index in [-0.39, 0.29) is 17.6 Å². The van der Waals surface area contributed by atoms with Crippen LogP contribution in [0, 0.1) is 0 Å². The number of phenolic OH excluding ortho intramolecular Hbond substituents is 1. The number of aromatic nitrogens is 1. The highest BCUT2D eigenvalue weighted by Crippen LogP contribution is 2.30. The molecule has 6 nitrogen and oxygen atoms in total. The maximum absolute atomic E-state index is 12.9. The minimum atomic E-state index is -0.206. The lowest BCUT2D eigenvalue weighted by atomic mass is 10.0. The van der Waals surface area contributed by atoms with Crippen LogP contribution >= 0.6 is 0 Å². The molecule has 0 saturated heterocycles. The van der Waals surface area contributed by atoms with Gasteiger partial charge in [-0.2, -0.15) is 0 Å². The molecule has 1 amide bonds. The number of allylic oxidation sites excluding steroid dienone is 4. The van der Waals surface area contributed by atoms with Gasteiger partial charge in [-0.3, -0.25) is 9.59 Å². The number of nitrogens with one attached hydrogen (secondary N) is 2. The van der Waals surface area contributed by atoms with Crippen molar-refractivity contribution in [1.82, 2.24) is 10.3 Å². The first-order valence-electron chi connectivity index (χ1n) is 10.3. The number of aromatic amines is 1. The molecule has 1 aliphatic rings. The molecule has 1 heterocycles. The standard InChI is InChI=1S/C24H28N2O4/c1-30-22(28)10-6-3-7-15-25-24(29)23-20(17-11-13-19(27)14-12-17)16-21(26-23)18-8-4-2-5-9-18/h4,8-9,11-14,16,26-27H,2-3,5-7,10,15H2,1H3,(H,25,29). The predicted molar refractivity (Wildman–Crippen MR) is 117 cm³/mol. The van der Waals surface area contributed by atoms with E-state index in [9.17, 15) is 14.7 Å². The number of H-pyrrole nitrogens is 1. The highest BCUT2D eigenvalue weighted by molar-refractivity contribution is 6.00. The third-order valence-corrected chi connectivity index (χ3v) is 5.10. The highest BCUT2D eigenvalue weighted by Gasteiger charge is 2.18. The second kappa shape index (κ2) is 10.5. The lowest BCUT2D eigenvalue weighted by Crippen LogP contribution is -2.25. The van der Waals surface area contributed by atoms with Crippen molar-refractivity contribution in [2.24, 2.45) is 0 Å². The zero-order valence-electron chi connectivity index (χ0n) is 17.2. The molecule has 6 heteroatoms. The van der Waals surface area contributed by atoms with Gasteiger partial charge >= 0.3 is 5.97 Å². The maximum atomic E-state index is 12.9. The predicted octanol–water partition coefficient (Wildman–Crippen LogP) is 4.58. The Bertz CT molecular complexity index is 939. The number of hydrogen-bond acceptors (Lipinski definition) is 4. The van der Waals surface area contributed by atoms with Gasteiger partial charge in [0.25, 0.3) is 5.91 Å². The molecule has 1 aliphatic carbocycles. The summed E-state index contributed by atoms with van der Waals surface area (Å²) < 4.78 is 4.63. The van der Waals surface area contributed by atoms with Gasteiger partial charge in [-0.15, -0.1) is 0 Å². The number of unbranched alkanes of at least 4 members (excludes halogenated alkanes) is 2. The van der Waals surface area contributed by atoms with Gasteiger partial charge in [-0.25, -0.2) is 0 Å². The number of carbonyl (C=O) groups is 2. The van der Waals surface area contributed by atoms with Gasteiger partial charge < -0.3 is 20.1 Å². The second-order valence-corrected chi connectivity index (χ2v) is 7.30. The molecule has 1 aromatic carbocycles. The van der Waals surface area contributed by atoms with Crippen molar-refractivity contribution < 1.29 is 19.4 Å². The smallest absolute Gasteiger partial charge is 0.305 e. The van der Waals surface area contributed by atoms with Gasteiger partial charge in [0.1, 0.15) is 11.4 Å². The van der Waals surface area contributed by atoms with Gasteiger partial charge in [0, 0.05) is 24.2 Å². The van der Waals surface area contributed by atoms with Gasteiger partial charge in [-0.1, -0.05) is 36.8 Å². The molecule has 1 aromatic heterocycles. The van der Waals surface area contributed by atoms with E-state index >= 15 is 0 Å². The van der Waals surface area contributed by atoms with Crippen molar-refractivity contribution in [3.05, 3.63) is 59.9 Å². The van der Waals surface area contributed by atoms with Crippen molar-refractivity contribution in [2.75, 3.05) is 13.7 Å². The average molecular weight is 408 g/mol. The number of carbonyl (C=O) groups excluding carboxylic acids is 2. The van der Waals surface area contributed by atoms with Gasteiger partial charge in [0.2, 0.25) is 0 Å². The number of amides is 1. The highest BCUT2D eigenvalue weighted by atomic mass is 16.5. The summed E-state index contributed by atoms with van der Waals surface area (Å²) in [6, 6.07) is 8.82. The molecular weight excluding hydrogens is 380 g/mol. The first-order valence-corrected chi connectivity index (χ1v) is 10.3. The number of phenols is 1. The lowest BCUT2D eigenvalue weighted by Gasteiger charge is -2.07. The Kier molecular flexibility index (Phi) is 7.49. The van der Waals surface area contributed by atoms with Gasteiger partial charge in [0.05, 0.1) is 7.11 Å². The van der Waals surface area contributed by atoms with E-state index in [1.54, 1.807) is 24.3 Å². The SMILES string of the molecule is COC(=O)CCCCCNC(=O)c1[nH]c(C2=CCCC=C2)cc1-c1ccc(O)cc1. The monoisotopic (exact) mass is 408 g/mol. The third-order valence-electron chi connectivity index (χ3n) is 5.10. The minimum absolute atomic E-state index is 0.169. The molecule has 0 spiro atoms. The topological polar surface area (TPSA) is 91.4 Å². The minimum Gasteiger partial charge on any atom is -0.508 e. The zero-order valence-corrected chi connectivity index (χ0v) is 17.2. The summed E-state index contributed by atoms with van der Waals surface area (Å²) in [5.41, 5.74) is 4.14. The zero-order chi connectivity index (χ0) is 21.3. The van der Waals surface area contributed by atoms with Crippen LogP contribution in [0.15, 0.2) is 48.6 Å². The number of esters is 1. The number of hydrogen-bond donors (Lipinski definition) is 3. The van der Waals surface area contributed by atoms with E-state index in [1.807, 2.05) is 6.07 Å². The summed E-state index contributed by atoms with van der Waals surface area (Å²) in [5, 5.41) is 12.6. The van der Waals surface area contributed by atoms with Crippen LogP contribution in [-0.4, -0.2) is 35.6 Å². The average Bonchev–Trinajstić information content (AvgIpc) is 3.22. The van der Waals surface area contributed by atoms with E-state index < -0.39 is 0 Å². The van der Waals surface area contributed by atoms with Crippen LogP contribution in [0.5, 0.6) is 5.75 Å². The fourth-order valence-corrected chi connectivity index (χ4v) is 3.43. The van der Waals surface area contributed by atoms with Crippen LogP contribution < -0.4 is 5.32 Å². The molecule has 0 atom stereocenters. The van der Waals surface area contributed by atoms with Crippen LogP contribution in [-0.2, 0) is 9.53 Å². The first kappa shape index (κ1) is 21.4.